The van der Waals surface area contributed by atoms with E-state index in [2.05, 4.69) is 24.4 Å². The van der Waals surface area contributed by atoms with E-state index in [0.29, 0.717) is 6.42 Å². The number of carbonyl (C=O) groups excluding carboxylic acids is 1. The highest BCUT2D eigenvalue weighted by atomic mass is 16.6. The number of allylic oxidation sites excluding steroid dienone is 1. The Morgan fingerprint density at radius 2 is 1.95 bits per heavy atom. The highest BCUT2D eigenvalue weighted by Gasteiger charge is 2.37. The van der Waals surface area contributed by atoms with Gasteiger partial charge in [-0.3, -0.25) is 4.79 Å². The normalized spacial score (nSPS) is 18.1. The first-order valence-electron chi connectivity index (χ1n) is 7.40. The zero-order chi connectivity index (χ0) is 14.3. The Hall–Kier alpha value is -1.61. The van der Waals surface area contributed by atoms with Crippen LogP contribution in [0, 0.1) is 0 Å². The molecule has 1 N–H and O–H groups in total. The predicted octanol–water partition coefficient (Wildman–Crippen LogP) is 3.16. The second-order valence-corrected chi connectivity index (χ2v) is 5.17. The van der Waals surface area contributed by atoms with Crippen LogP contribution in [0.2, 0.25) is 0 Å². The number of rotatable bonds is 5. The van der Waals surface area contributed by atoms with Gasteiger partial charge >= 0.3 is 5.97 Å². The van der Waals surface area contributed by atoms with Crippen LogP contribution in [-0.4, -0.2) is 19.1 Å². The number of esters is 1. The van der Waals surface area contributed by atoms with Gasteiger partial charge in [-0.2, -0.15) is 0 Å². The van der Waals surface area contributed by atoms with E-state index in [-0.39, 0.29) is 5.97 Å². The van der Waals surface area contributed by atoms with Crippen LogP contribution in [0.4, 0.5) is 0 Å². The van der Waals surface area contributed by atoms with Crippen molar-refractivity contribution in [3.63, 3.8) is 0 Å². The molecule has 0 aliphatic carbocycles. The fraction of sp³-hybridized carbons (Fsp3) is 0.471. The van der Waals surface area contributed by atoms with Crippen molar-refractivity contribution in [3.05, 3.63) is 48.0 Å². The summed E-state index contributed by atoms with van der Waals surface area (Å²) in [5.41, 5.74) is 0.651. The van der Waals surface area contributed by atoms with Crippen molar-refractivity contribution in [1.82, 2.24) is 5.32 Å². The van der Waals surface area contributed by atoms with Gasteiger partial charge < -0.3 is 10.1 Å². The van der Waals surface area contributed by atoms with Crippen molar-refractivity contribution in [2.45, 2.75) is 38.2 Å². The largest absolute Gasteiger partial charge is 0.454 e. The third kappa shape index (κ3) is 3.70. The van der Waals surface area contributed by atoms with Gasteiger partial charge in [0.2, 0.25) is 0 Å². The highest BCUT2D eigenvalue weighted by molar-refractivity contribution is 5.72. The monoisotopic (exact) mass is 273 g/mol. The molecule has 1 fully saturated rings. The minimum atomic E-state index is -0.455. The molecule has 108 valence electrons. The Morgan fingerprint density at radius 1 is 1.25 bits per heavy atom. The molecular weight excluding hydrogens is 250 g/mol. The third-order valence-corrected chi connectivity index (χ3v) is 3.71. The van der Waals surface area contributed by atoms with Gasteiger partial charge in [-0.05, 0) is 25.1 Å². The summed E-state index contributed by atoms with van der Waals surface area (Å²) in [4.78, 5) is 12.1. The molecule has 0 aromatic heterocycles. The SMILES string of the molecule is CC/C=C\CC(=O)OC1(c2ccccc2)CCNCC1. The minimum Gasteiger partial charge on any atom is -0.454 e. The van der Waals surface area contributed by atoms with Gasteiger partial charge in [0.15, 0.2) is 0 Å². The fourth-order valence-electron chi connectivity index (χ4n) is 2.63. The molecule has 0 radical (unpaired) electrons. The van der Waals surface area contributed by atoms with Crippen molar-refractivity contribution < 1.29 is 9.53 Å². The lowest BCUT2D eigenvalue weighted by atomic mass is 9.85. The van der Waals surface area contributed by atoms with Gasteiger partial charge in [-0.1, -0.05) is 49.4 Å². The summed E-state index contributed by atoms with van der Waals surface area (Å²) in [6.07, 6.45) is 6.86. The molecule has 1 aliphatic heterocycles. The zero-order valence-electron chi connectivity index (χ0n) is 12.1. The smallest absolute Gasteiger partial charge is 0.310 e. The van der Waals surface area contributed by atoms with Crippen LogP contribution in [0.5, 0.6) is 0 Å². The number of piperidine rings is 1. The molecule has 0 amide bonds. The number of carbonyl (C=O) groups is 1. The van der Waals surface area contributed by atoms with Crippen LogP contribution in [0.25, 0.3) is 0 Å². The van der Waals surface area contributed by atoms with Gasteiger partial charge in [0, 0.05) is 12.8 Å². The summed E-state index contributed by atoms with van der Waals surface area (Å²) >= 11 is 0. The molecule has 1 aliphatic rings. The maximum Gasteiger partial charge on any atom is 0.310 e. The average molecular weight is 273 g/mol. The summed E-state index contributed by atoms with van der Waals surface area (Å²) in [5.74, 6) is -0.138. The molecule has 3 nitrogen and oxygen atoms in total. The van der Waals surface area contributed by atoms with E-state index in [1.54, 1.807) is 0 Å². The lowest BCUT2D eigenvalue weighted by Gasteiger charge is -2.37. The van der Waals surface area contributed by atoms with Crippen LogP contribution in [0.1, 0.15) is 38.2 Å². The van der Waals surface area contributed by atoms with Crippen molar-refractivity contribution in [2.24, 2.45) is 0 Å². The van der Waals surface area contributed by atoms with Gasteiger partial charge in [0.05, 0.1) is 6.42 Å². The second-order valence-electron chi connectivity index (χ2n) is 5.17. The van der Waals surface area contributed by atoms with E-state index in [9.17, 15) is 4.79 Å². The van der Waals surface area contributed by atoms with Gasteiger partial charge in [-0.15, -0.1) is 0 Å². The second kappa shape index (κ2) is 7.25. The van der Waals surface area contributed by atoms with Crippen molar-refractivity contribution in [3.8, 4) is 0 Å². The molecular formula is C17H23NO2. The zero-order valence-corrected chi connectivity index (χ0v) is 12.1. The van der Waals surface area contributed by atoms with E-state index in [4.69, 9.17) is 4.74 Å². The minimum absolute atomic E-state index is 0.138. The lowest BCUT2D eigenvalue weighted by molar-refractivity contribution is -0.163. The number of benzene rings is 1. The molecule has 1 heterocycles. The number of hydrogen-bond acceptors (Lipinski definition) is 3. The Labute approximate surface area is 121 Å². The van der Waals surface area contributed by atoms with Crippen LogP contribution in [-0.2, 0) is 15.1 Å². The van der Waals surface area contributed by atoms with E-state index >= 15 is 0 Å². The number of hydrogen-bond donors (Lipinski definition) is 1. The molecule has 0 bridgehead atoms. The Bertz CT molecular complexity index is 447. The fourth-order valence-corrected chi connectivity index (χ4v) is 2.63. The molecule has 1 aromatic carbocycles. The van der Waals surface area contributed by atoms with Crippen molar-refractivity contribution in [1.29, 1.82) is 0 Å². The topological polar surface area (TPSA) is 38.3 Å². The van der Waals surface area contributed by atoms with Crippen LogP contribution < -0.4 is 5.32 Å². The van der Waals surface area contributed by atoms with Crippen LogP contribution in [0.15, 0.2) is 42.5 Å². The van der Waals surface area contributed by atoms with E-state index in [0.717, 1.165) is 37.9 Å². The maximum absolute atomic E-state index is 12.1. The quantitative estimate of drug-likeness (QED) is 0.661. The van der Waals surface area contributed by atoms with E-state index in [1.807, 2.05) is 30.4 Å². The molecule has 2 rings (SSSR count). The van der Waals surface area contributed by atoms with Gasteiger partial charge in [0.25, 0.3) is 0 Å². The lowest BCUT2D eigenvalue weighted by Crippen LogP contribution is -2.43. The number of nitrogens with one attached hydrogen (secondary N) is 1. The first-order chi connectivity index (χ1) is 9.77. The first kappa shape index (κ1) is 14.8. The summed E-state index contributed by atoms with van der Waals surface area (Å²) in [6.45, 7) is 3.82. The molecule has 1 aromatic rings. The summed E-state index contributed by atoms with van der Waals surface area (Å²) in [6, 6.07) is 10.1. The van der Waals surface area contributed by atoms with E-state index < -0.39 is 5.60 Å². The van der Waals surface area contributed by atoms with Crippen molar-refractivity contribution >= 4 is 5.97 Å². The molecule has 0 spiro atoms. The summed E-state index contributed by atoms with van der Waals surface area (Å²) < 4.78 is 5.88. The van der Waals surface area contributed by atoms with Crippen LogP contribution >= 0.6 is 0 Å². The maximum atomic E-state index is 12.1. The molecule has 0 atom stereocenters. The van der Waals surface area contributed by atoms with Crippen LogP contribution in [0.3, 0.4) is 0 Å². The highest BCUT2D eigenvalue weighted by Crippen LogP contribution is 2.35. The predicted molar refractivity (Wildman–Crippen MR) is 80.4 cm³/mol. The first-order valence-corrected chi connectivity index (χ1v) is 7.40. The summed E-state index contributed by atoms with van der Waals surface area (Å²) in [5, 5.41) is 3.33. The van der Waals surface area contributed by atoms with Crippen molar-refractivity contribution in [2.75, 3.05) is 13.1 Å². The average Bonchev–Trinajstić information content (AvgIpc) is 2.49. The third-order valence-electron chi connectivity index (χ3n) is 3.71. The van der Waals surface area contributed by atoms with E-state index in [1.165, 1.54) is 0 Å². The Morgan fingerprint density at radius 3 is 2.60 bits per heavy atom. The Kier molecular flexibility index (Phi) is 5.36. The standard InChI is InChI=1S/C17H23NO2/c1-2-3-5-10-16(19)20-17(11-13-18-14-12-17)15-8-6-4-7-9-15/h3-9,18H,2,10-14H2,1H3/b5-3-. The Balaban J connectivity index is 2.12. The molecule has 0 saturated carbocycles. The molecule has 20 heavy (non-hydrogen) atoms. The molecule has 0 unspecified atom stereocenters. The molecule has 3 heteroatoms. The van der Waals surface area contributed by atoms with Gasteiger partial charge in [0.1, 0.15) is 5.60 Å². The van der Waals surface area contributed by atoms with Gasteiger partial charge in [-0.25, -0.2) is 0 Å². The number of ether oxygens (including phenoxy) is 1. The molecule has 1 saturated heterocycles. The summed E-state index contributed by atoms with van der Waals surface area (Å²) in [7, 11) is 0.